The maximum atomic E-state index is 11.4. The number of hydrogen-bond acceptors (Lipinski definition) is 4. The largest absolute Gasteiger partial charge is 0.465 e. The average molecular weight is 244 g/mol. The summed E-state index contributed by atoms with van der Waals surface area (Å²) < 4.78 is 4.60. The second-order valence-corrected chi connectivity index (χ2v) is 3.73. The molecule has 3 N–H and O–H groups in total. The maximum absolute atomic E-state index is 11.4. The highest BCUT2D eigenvalue weighted by Crippen LogP contribution is 2.17. The molecule has 0 aliphatic rings. The van der Waals surface area contributed by atoms with Crippen molar-refractivity contribution >= 4 is 11.7 Å². The number of aromatic nitrogens is 1. The van der Waals surface area contributed by atoms with Crippen LogP contribution >= 0.6 is 0 Å². The monoisotopic (exact) mass is 244 g/mol. The van der Waals surface area contributed by atoms with Gasteiger partial charge >= 0.3 is 5.97 Å². The van der Waals surface area contributed by atoms with E-state index < -0.39 is 5.97 Å². The van der Waals surface area contributed by atoms with Crippen molar-refractivity contribution in [3.05, 3.63) is 52.3 Å². The molecule has 0 saturated carbocycles. The summed E-state index contributed by atoms with van der Waals surface area (Å²) in [5.74, 6) is -0.396. The van der Waals surface area contributed by atoms with Gasteiger partial charge in [-0.3, -0.25) is 4.79 Å². The van der Waals surface area contributed by atoms with Gasteiger partial charge in [-0.25, -0.2) is 4.79 Å². The summed E-state index contributed by atoms with van der Waals surface area (Å²) in [5.41, 5.74) is 7.18. The summed E-state index contributed by atoms with van der Waals surface area (Å²) >= 11 is 0. The van der Waals surface area contributed by atoms with Crippen molar-refractivity contribution in [1.82, 2.24) is 4.98 Å². The normalized spacial score (nSPS) is 10.1. The summed E-state index contributed by atoms with van der Waals surface area (Å²) in [7, 11) is 1.33. The minimum atomic E-state index is -0.396. The second kappa shape index (κ2) is 4.75. The zero-order valence-corrected chi connectivity index (χ0v) is 9.77. The first-order valence-corrected chi connectivity index (χ1v) is 5.29. The molecule has 5 heteroatoms. The Labute approximate surface area is 103 Å². The SMILES string of the molecule is COC(=O)c1ccc(-c2ccc(N)c(=O)[nH]2)cc1. The number of rotatable bonds is 2. The van der Waals surface area contributed by atoms with Crippen LogP contribution in [0.25, 0.3) is 11.3 Å². The van der Waals surface area contributed by atoms with E-state index in [-0.39, 0.29) is 11.2 Å². The third-order valence-electron chi connectivity index (χ3n) is 2.56. The van der Waals surface area contributed by atoms with Crippen LogP contribution in [0.1, 0.15) is 10.4 Å². The number of carbonyl (C=O) groups is 1. The molecule has 2 aromatic rings. The Morgan fingerprint density at radius 2 is 1.83 bits per heavy atom. The van der Waals surface area contributed by atoms with Crippen LogP contribution in [0.15, 0.2) is 41.2 Å². The first-order chi connectivity index (χ1) is 8.61. The zero-order chi connectivity index (χ0) is 13.1. The molecule has 0 aliphatic heterocycles. The summed E-state index contributed by atoms with van der Waals surface area (Å²) in [5, 5.41) is 0. The fraction of sp³-hybridized carbons (Fsp3) is 0.0769. The molecule has 0 aliphatic carbocycles. The highest BCUT2D eigenvalue weighted by Gasteiger charge is 2.06. The number of nitrogens with two attached hydrogens (primary N) is 1. The standard InChI is InChI=1S/C13H12N2O3/c1-18-13(17)9-4-2-8(3-5-9)11-7-6-10(14)12(16)15-11/h2-7H,14H2,1H3,(H,15,16). The smallest absolute Gasteiger partial charge is 0.337 e. The molecule has 0 fully saturated rings. The first kappa shape index (κ1) is 11.9. The van der Waals surface area contributed by atoms with Crippen LogP contribution in [0, 0.1) is 0 Å². The number of H-pyrrole nitrogens is 1. The van der Waals surface area contributed by atoms with Gasteiger partial charge in [0.25, 0.3) is 5.56 Å². The molecule has 1 heterocycles. The molecule has 0 unspecified atom stereocenters. The highest BCUT2D eigenvalue weighted by atomic mass is 16.5. The number of aromatic amines is 1. The van der Waals surface area contributed by atoms with E-state index in [4.69, 9.17) is 5.73 Å². The van der Waals surface area contributed by atoms with Crippen molar-refractivity contribution in [2.45, 2.75) is 0 Å². The molecule has 92 valence electrons. The fourth-order valence-electron chi connectivity index (χ4n) is 1.56. The van der Waals surface area contributed by atoms with E-state index in [0.717, 1.165) is 5.56 Å². The molecule has 2 rings (SSSR count). The molecule has 1 aromatic carbocycles. The van der Waals surface area contributed by atoms with Gasteiger partial charge in [-0.2, -0.15) is 0 Å². The van der Waals surface area contributed by atoms with E-state index in [1.54, 1.807) is 36.4 Å². The number of esters is 1. The van der Waals surface area contributed by atoms with Gasteiger partial charge in [-0.1, -0.05) is 12.1 Å². The maximum Gasteiger partial charge on any atom is 0.337 e. The predicted octanol–water partition coefficient (Wildman–Crippen LogP) is 1.41. The number of hydrogen-bond donors (Lipinski definition) is 2. The highest BCUT2D eigenvalue weighted by molar-refractivity contribution is 5.89. The molecular weight excluding hydrogens is 232 g/mol. The molecule has 0 atom stereocenters. The summed E-state index contributed by atoms with van der Waals surface area (Å²) in [6, 6.07) is 9.99. The number of methoxy groups -OCH3 is 1. The quantitative estimate of drug-likeness (QED) is 0.782. The van der Waals surface area contributed by atoms with Crippen molar-refractivity contribution < 1.29 is 9.53 Å². The van der Waals surface area contributed by atoms with Crippen molar-refractivity contribution in [3.8, 4) is 11.3 Å². The minimum Gasteiger partial charge on any atom is -0.465 e. The average Bonchev–Trinajstić information content (AvgIpc) is 2.41. The Kier molecular flexibility index (Phi) is 3.14. The lowest BCUT2D eigenvalue weighted by Crippen LogP contribution is -2.11. The van der Waals surface area contributed by atoms with E-state index >= 15 is 0 Å². The lowest BCUT2D eigenvalue weighted by Gasteiger charge is -2.03. The number of nitrogen functional groups attached to an aromatic ring is 1. The number of pyridine rings is 1. The Morgan fingerprint density at radius 1 is 1.17 bits per heavy atom. The van der Waals surface area contributed by atoms with Gasteiger partial charge in [0.15, 0.2) is 0 Å². The van der Waals surface area contributed by atoms with Crippen molar-refractivity contribution in [2.24, 2.45) is 0 Å². The van der Waals surface area contributed by atoms with Crippen molar-refractivity contribution in [3.63, 3.8) is 0 Å². The molecule has 0 saturated heterocycles. The number of nitrogens with one attached hydrogen (secondary N) is 1. The molecule has 0 bridgehead atoms. The first-order valence-electron chi connectivity index (χ1n) is 5.29. The summed E-state index contributed by atoms with van der Waals surface area (Å²) in [4.78, 5) is 25.3. The zero-order valence-electron chi connectivity index (χ0n) is 9.77. The predicted molar refractivity (Wildman–Crippen MR) is 68.3 cm³/mol. The van der Waals surface area contributed by atoms with E-state index in [1.807, 2.05) is 0 Å². The molecule has 0 spiro atoms. The lowest BCUT2D eigenvalue weighted by molar-refractivity contribution is 0.0601. The van der Waals surface area contributed by atoms with E-state index in [1.165, 1.54) is 7.11 Å². The number of ether oxygens (including phenoxy) is 1. The molecule has 0 amide bonds. The van der Waals surface area contributed by atoms with Crippen LogP contribution in [-0.2, 0) is 4.74 Å². The van der Waals surface area contributed by atoms with Crippen molar-refractivity contribution in [1.29, 1.82) is 0 Å². The topological polar surface area (TPSA) is 85.2 Å². The fourth-order valence-corrected chi connectivity index (χ4v) is 1.56. The molecule has 0 radical (unpaired) electrons. The van der Waals surface area contributed by atoms with E-state index in [9.17, 15) is 9.59 Å². The van der Waals surface area contributed by atoms with Gasteiger partial charge in [0, 0.05) is 5.69 Å². The number of benzene rings is 1. The Hall–Kier alpha value is -2.56. The van der Waals surface area contributed by atoms with Crippen LogP contribution in [0.2, 0.25) is 0 Å². The third-order valence-corrected chi connectivity index (χ3v) is 2.56. The Balaban J connectivity index is 2.37. The van der Waals surface area contributed by atoms with Gasteiger partial charge in [0.1, 0.15) is 0 Å². The molecule has 18 heavy (non-hydrogen) atoms. The van der Waals surface area contributed by atoms with Crippen LogP contribution in [0.4, 0.5) is 5.69 Å². The van der Waals surface area contributed by atoms with Crippen LogP contribution in [0.5, 0.6) is 0 Å². The minimum absolute atomic E-state index is 0.171. The van der Waals surface area contributed by atoms with Crippen LogP contribution in [-0.4, -0.2) is 18.1 Å². The van der Waals surface area contributed by atoms with Gasteiger partial charge in [0.05, 0.1) is 18.4 Å². The van der Waals surface area contributed by atoms with Gasteiger partial charge in [0.2, 0.25) is 0 Å². The lowest BCUT2D eigenvalue weighted by atomic mass is 10.1. The molecule has 5 nitrogen and oxygen atoms in total. The summed E-state index contributed by atoms with van der Waals surface area (Å²) in [6.45, 7) is 0. The Bertz CT molecular complexity index is 629. The third kappa shape index (κ3) is 2.24. The van der Waals surface area contributed by atoms with Gasteiger partial charge < -0.3 is 15.5 Å². The van der Waals surface area contributed by atoms with E-state index in [2.05, 4.69) is 9.72 Å². The second-order valence-electron chi connectivity index (χ2n) is 3.73. The van der Waals surface area contributed by atoms with Crippen molar-refractivity contribution in [2.75, 3.05) is 12.8 Å². The van der Waals surface area contributed by atoms with Gasteiger partial charge in [-0.15, -0.1) is 0 Å². The van der Waals surface area contributed by atoms with E-state index in [0.29, 0.717) is 11.3 Å². The molecular formula is C13H12N2O3. The number of anilines is 1. The van der Waals surface area contributed by atoms with Crippen LogP contribution in [0.3, 0.4) is 0 Å². The summed E-state index contributed by atoms with van der Waals surface area (Å²) in [6.07, 6.45) is 0. The van der Waals surface area contributed by atoms with Crippen LogP contribution < -0.4 is 11.3 Å². The Morgan fingerprint density at radius 3 is 2.39 bits per heavy atom. The van der Waals surface area contributed by atoms with Gasteiger partial charge in [-0.05, 0) is 29.8 Å². The molecule has 1 aromatic heterocycles. The number of carbonyl (C=O) groups excluding carboxylic acids is 1.